The van der Waals surface area contributed by atoms with Crippen LogP contribution in [0.2, 0.25) is 0 Å². The Labute approximate surface area is 88.9 Å². The van der Waals surface area contributed by atoms with Gasteiger partial charge in [-0.1, -0.05) is 0 Å². The Morgan fingerprint density at radius 2 is 2.00 bits per heavy atom. The number of ether oxygens (including phenoxy) is 1. The van der Waals surface area contributed by atoms with Gasteiger partial charge in [-0.05, 0) is 12.8 Å². The molecule has 0 radical (unpaired) electrons. The lowest BCUT2D eigenvalue weighted by atomic mass is 9.76. The highest BCUT2D eigenvalue weighted by molar-refractivity contribution is 7.91. The first-order chi connectivity index (χ1) is 6.97. The van der Waals surface area contributed by atoms with E-state index in [0.29, 0.717) is 19.3 Å². The molecule has 2 fully saturated rings. The van der Waals surface area contributed by atoms with Crippen molar-refractivity contribution < 1.29 is 17.9 Å². The first-order valence-electron chi connectivity index (χ1n) is 5.07. The zero-order chi connectivity index (χ0) is 11.1. The molecule has 1 atom stereocenters. The van der Waals surface area contributed by atoms with Crippen LogP contribution in [-0.4, -0.2) is 38.5 Å². The summed E-state index contributed by atoms with van der Waals surface area (Å²) >= 11 is 0. The van der Waals surface area contributed by atoms with Crippen molar-refractivity contribution in [2.45, 2.75) is 25.4 Å². The van der Waals surface area contributed by atoms with Gasteiger partial charge in [0, 0.05) is 12.0 Å². The van der Waals surface area contributed by atoms with E-state index in [0.717, 1.165) is 0 Å². The van der Waals surface area contributed by atoms with Gasteiger partial charge >= 0.3 is 5.97 Å². The fraction of sp³-hybridized carbons (Fsp3) is 0.889. The van der Waals surface area contributed by atoms with Gasteiger partial charge in [0.15, 0.2) is 0 Å². The lowest BCUT2D eigenvalue weighted by molar-refractivity contribution is -0.141. The average Bonchev–Trinajstić information content (AvgIpc) is 2.49. The lowest BCUT2D eigenvalue weighted by Crippen LogP contribution is -2.42. The molecule has 0 saturated carbocycles. The number of sulfone groups is 1. The smallest absolute Gasteiger partial charge is 0.306 e. The van der Waals surface area contributed by atoms with Gasteiger partial charge in [0.05, 0.1) is 17.9 Å². The van der Waals surface area contributed by atoms with E-state index in [1.807, 2.05) is 0 Å². The van der Waals surface area contributed by atoms with Crippen molar-refractivity contribution in [1.29, 1.82) is 0 Å². The van der Waals surface area contributed by atoms with Crippen molar-refractivity contribution in [2.75, 3.05) is 18.1 Å². The Kier molecular flexibility index (Phi) is 2.50. The molecule has 0 amide bonds. The molecule has 2 aliphatic heterocycles. The number of hydrogen-bond donors (Lipinski definition) is 1. The summed E-state index contributed by atoms with van der Waals surface area (Å²) in [6, 6.07) is 0. The van der Waals surface area contributed by atoms with Crippen molar-refractivity contribution in [3.8, 4) is 0 Å². The Morgan fingerprint density at radius 3 is 2.53 bits per heavy atom. The minimum atomic E-state index is -2.90. The molecule has 1 spiro atoms. The number of carbonyl (C=O) groups excluding carboxylic acids is 1. The van der Waals surface area contributed by atoms with Gasteiger partial charge in [-0.15, -0.1) is 0 Å². The van der Waals surface area contributed by atoms with Crippen LogP contribution in [0.15, 0.2) is 0 Å². The third-order valence-corrected chi connectivity index (χ3v) is 5.14. The van der Waals surface area contributed by atoms with Crippen LogP contribution in [0.5, 0.6) is 0 Å². The van der Waals surface area contributed by atoms with E-state index in [1.54, 1.807) is 0 Å². The molecule has 1 unspecified atom stereocenters. The molecule has 0 aliphatic carbocycles. The summed E-state index contributed by atoms with van der Waals surface area (Å²) in [7, 11) is -2.90. The Hall–Kier alpha value is -0.620. The summed E-state index contributed by atoms with van der Waals surface area (Å²) in [6.45, 7) is 0.284. The number of cyclic esters (lactones) is 1. The largest absolute Gasteiger partial charge is 0.460 e. The summed E-state index contributed by atoms with van der Waals surface area (Å²) in [4.78, 5) is 11.2. The second-order valence-electron chi connectivity index (χ2n) is 4.41. The lowest BCUT2D eigenvalue weighted by Gasteiger charge is -2.35. The zero-order valence-electron chi connectivity index (χ0n) is 8.44. The highest BCUT2D eigenvalue weighted by Gasteiger charge is 2.50. The van der Waals surface area contributed by atoms with Gasteiger partial charge in [-0.3, -0.25) is 4.79 Å². The van der Waals surface area contributed by atoms with Crippen LogP contribution in [-0.2, 0) is 19.4 Å². The van der Waals surface area contributed by atoms with Gasteiger partial charge in [-0.25, -0.2) is 8.42 Å². The Balaban J connectivity index is 2.18. The van der Waals surface area contributed by atoms with Gasteiger partial charge in [-0.2, -0.15) is 0 Å². The van der Waals surface area contributed by atoms with Crippen molar-refractivity contribution in [2.24, 2.45) is 11.1 Å². The van der Waals surface area contributed by atoms with Crippen LogP contribution in [0.25, 0.3) is 0 Å². The molecule has 2 heterocycles. The van der Waals surface area contributed by atoms with Gasteiger partial charge < -0.3 is 10.5 Å². The quantitative estimate of drug-likeness (QED) is 0.614. The molecule has 0 aromatic heterocycles. The molecule has 2 saturated heterocycles. The average molecular weight is 233 g/mol. The zero-order valence-corrected chi connectivity index (χ0v) is 9.26. The first kappa shape index (κ1) is 10.9. The number of rotatable bonds is 1. The maximum atomic E-state index is 11.3. The fourth-order valence-electron chi connectivity index (χ4n) is 2.47. The molecule has 2 rings (SSSR count). The monoisotopic (exact) mass is 233 g/mol. The summed E-state index contributed by atoms with van der Waals surface area (Å²) in [5.74, 6) is 0.0602. The maximum absolute atomic E-state index is 11.3. The second kappa shape index (κ2) is 3.45. The van der Waals surface area contributed by atoms with E-state index in [1.165, 1.54) is 0 Å². The predicted molar refractivity (Wildman–Crippen MR) is 53.9 cm³/mol. The van der Waals surface area contributed by atoms with E-state index in [2.05, 4.69) is 0 Å². The number of nitrogens with two attached hydrogens (primary N) is 1. The first-order valence-corrected chi connectivity index (χ1v) is 6.90. The molecule has 6 heteroatoms. The molecular formula is C9H15NO4S. The van der Waals surface area contributed by atoms with Crippen LogP contribution >= 0.6 is 0 Å². The normalized spacial score (nSPS) is 32.9. The highest BCUT2D eigenvalue weighted by Crippen LogP contribution is 2.44. The van der Waals surface area contributed by atoms with Crippen molar-refractivity contribution >= 4 is 15.8 Å². The van der Waals surface area contributed by atoms with E-state index in [9.17, 15) is 13.2 Å². The number of esters is 1. The Morgan fingerprint density at radius 1 is 1.40 bits per heavy atom. The predicted octanol–water partition coefficient (Wildman–Crippen LogP) is -0.544. The molecule has 2 N–H and O–H groups in total. The summed E-state index contributed by atoms with van der Waals surface area (Å²) in [5, 5.41) is 0. The van der Waals surface area contributed by atoms with Crippen LogP contribution in [0.1, 0.15) is 19.3 Å². The SMILES string of the molecule is NCC1OC(=O)CC12CCS(=O)(=O)CC2. The summed E-state index contributed by atoms with van der Waals surface area (Å²) in [5.41, 5.74) is 5.23. The maximum Gasteiger partial charge on any atom is 0.306 e. The molecule has 2 aliphatic rings. The molecule has 5 nitrogen and oxygen atoms in total. The fourth-order valence-corrected chi connectivity index (χ4v) is 4.11. The van der Waals surface area contributed by atoms with Crippen LogP contribution in [0, 0.1) is 5.41 Å². The van der Waals surface area contributed by atoms with E-state index in [4.69, 9.17) is 10.5 Å². The number of carbonyl (C=O) groups is 1. The molecule has 0 aromatic rings. The Bertz CT molecular complexity index is 362. The molecule has 0 bridgehead atoms. The van der Waals surface area contributed by atoms with Crippen molar-refractivity contribution in [1.82, 2.24) is 0 Å². The molecule has 0 aromatic carbocycles. The second-order valence-corrected chi connectivity index (χ2v) is 6.71. The van der Waals surface area contributed by atoms with Crippen molar-refractivity contribution in [3.63, 3.8) is 0 Å². The van der Waals surface area contributed by atoms with Gasteiger partial charge in [0.25, 0.3) is 0 Å². The van der Waals surface area contributed by atoms with E-state index in [-0.39, 0.29) is 35.5 Å². The summed E-state index contributed by atoms with van der Waals surface area (Å²) in [6.07, 6.45) is 1.04. The summed E-state index contributed by atoms with van der Waals surface area (Å²) < 4.78 is 27.7. The molecular weight excluding hydrogens is 218 g/mol. The van der Waals surface area contributed by atoms with Gasteiger partial charge in [0.1, 0.15) is 15.9 Å². The molecule has 15 heavy (non-hydrogen) atoms. The minimum absolute atomic E-state index is 0.153. The minimum Gasteiger partial charge on any atom is -0.460 e. The number of hydrogen-bond acceptors (Lipinski definition) is 5. The van der Waals surface area contributed by atoms with Gasteiger partial charge in [0.2, 0.25) is 0 Å². The van der Waals surface area contributed by atoms with E-state index >= 15 is 0 Å². The highest BCUT2D eigenvalue weighted by atomic mass is 32.2. The third kappa shape index (κ3) is 1.88. The standard InChI is InChI=1S/C9H15NO4S/c10-6-7-9(5-8(11)14-7)1-3-15(12,13)4-2-9/h7H,1-6,10H2. The van der Waals surface area contributed by atoms with E-state index < -0.39 is 9.84 Å². The molecule has 86 valence electrons. The topological polar surface area (TPSA) is 86.5 Å². The van der Waals surface area contributed by atoms with Crippen molar-refractivity contribution in [3.05, 3.63) is 0 Å². The van der Waals surface area contributed by atoms with Crippen LogP contribution in [0.4, 0.5) is 0 Å². The third-order valence-electron chi connectivity index (χ3n) is 3.49. The van der Waals surface area contributed by atoms with Crippen LogP contribution < -0.4 is 5.73 Å². The van der Waals surface area contributed by atoms with Crippen LogP contribution in [0.3, 0.4) is 0 Å².